The van der Waals surface area contributed by atoms with E-state index in [4.69, 9.17) is 10.4 Å². The van der Waals surface area contributed by atoms with Gasteiger partial charge in [-0.05, 0) is 12.5 Å². The summed E-state index contributed by atoms with van der Waals surface area (Å²) in [6, 6.07) is 9.37. The van der Waals surface area contributed by atoms with Crippen LogP contribution >= 0.6 is 0 Å². The van der Waals surface area contributed by atoms with Gasteiger partial charge in [0.2, 0.25) is 0 Å². The third-order valence-corrected chi connectivity index (χ3v) is 2.21. The summed E-state index contributed by atoms with van der Waals surface area (Å²) in [5.74, 6) is -0.532. The van der Waals surface area contributed by atoms with Crippen LogP contribution < -0.4 is 0 Å². The summed E-state index contributed by atoms with van der Waals surface area (Å²) in [4.78, 5) is 19.7. The first-order chi connectivity index (χ1) is 8.67. The van der Waals surface area contributed by atoms with Gasteiger partial charge in [0, 0.05) is 0 Å². The average molecular weight is 245 g/mol. The van der Waals surface area contributed by atoms with E-state index in [0.29, 0.717) is 0 Å². The molecule has 1 amide bonds. The molecule has 0 heterocycles. The van der Waals surface area contributed by atoms with Gasteiger partial charge in [0.25, 0.3) is 0 Å². The SMILES string of the molecule is C=CC(C)ON(Cc1ccccc1)C(=O)C=[N+]=[N-]. The van der Waals surface area contributed by atoms with Gasteiger partial charge in [-0.1, -0.05) is 36.4 Å². The lowest BCUT2D eigenvalue weighted by molar-refractivity contribution is -0.194. The van der Waals surface area contributed by atoms with Gasteiger partial charge in [-0.2, -0.15) is 4.79 Å². The lowest BCUT2D eigenvalue weighted by atomic mass is 10.2. The van der Waals surface area contributed by atoms with E-state index in [0.717, 1.165) is 16.8 Å². The third kappa shape index (κ3) is 4.33. The Labute approximate surface area is 106 Å². The molecule has 1 aromatic rings. The van der Waals surface area contributed by atoms with Gasteiger partial charge in [0.15, 0.2) is 0 Å². The summed E-state index contributed by atoms with van der Waals surface area (Å²) in [6.45, 7) is 5.61. The van der Waals surface area contributed by atoms with E-state index >= 15 is 0 Å². The summed E-state index contributed by atoms with van der Waals surface area (Å²) in [5.41, 5.74) is 9.30. The minimum absolute atomic E-state index is 0.268. The molecule has 94 valence electrons. The number of hydroxylamine groups is 2. The normalized spacial score (nSPS) is 11.2. The molecule has 1 aromatic carbocycles. The molecule has 1 unspecified atom stereocenters. The van der Waals surface area contributed by atoms with Crippen LogP contribution in [0.4, 0.5) is 0 Å². The third-order valence-electron chi connectivity index (χ3n) is 2.21. The predicted molar refractivity (Wildman–Crippen MR) is 67.4 cm³/mol. The fourth-order valence-corrected chi connectivity index (χ4v) is 1.27. The zero-order chi connectivity index (χ0) is 13.4. The first-order valence-corrected chi connectivity index (χ1v) is 5.49. The van der Waals surface area contributed by atoms with E-state index in [-0.39, 0.29) is 12.6 Å². The Bertz CT molecular complexity index is 453. The minimum Gasteiger partial charge on any atom is -0.361 e. The van der Waals surface area contributed by atoms with Crippen LogP contribution in [-0.4, -0.2) is 28.1 Å². The van der Waals surface area contributed by atoms with Crippen LogP contribution in [0.2, 0.25) is 0 Å². The van der Waals surface area contributed by atoms with Gasteiger partial charge in [-0.15, -0.1) is 6.58 Å². The Morgan fingerprint density at radius 2 is 2.22 bits per heavy atom. The predicted octanol–water partition coefficient (Wildman–Crippen LogP) is 1.82. The Morgan fingerprint density at radius 3 is 2.78 bits per heavy atom. The van der Waals surface area contributed by atoms with Gasteiger partial charge in [0.05, 0.1) is 6.54 Å². The molecule has 5 nitrogen and oxygen atoms in total. The van der Waals surface area contributed by atoms with Crippen LogP contribution in [-0.2, 0) is 16.2 Å². The number of nitrogens with zero attached hydrogens (tertiary/aromatic N) is 3. The van der Waals surface area contributed by atoms with Crippen molar-refractivity contribution in [1.82, 2.24) is 5.06 Å². The van der Waals surface area contributed by atoms with Crippen molar-refractivity contribution in [3.63, 3.8) is 0 Å². The van der Waals surface area contributed by atoms with Crippen molar-refractivity contribution in [1.29, 1.82) is 0 Å². The fourth-order valence-electron chi connectivity index (χ4n) is 1.27. The van der Waals surface area contributed by atoms with E-state index < -0.39 is 5.91 Å². The zero-order valence-corrected chi connectivity index (χ0v) is 10.2. The van der Waals surface area contributed by atoms with Crippen LogP contribution in [0.15, 0.2) is 43.0 Å². The Kier molecular flexibility index (Phi) is 5.51. The average Bonchev–Trinajstić information content (AvgIpc) is 2.39. The highest BCUT2D eigenvalue weighted by Gasteiger charge is 2.18. The van der Waals surface area contributed by atoms with Gasteiger partial charge < -0.3 is 5.53 Å². The molecule has 0 bridgehead atoms. The van der Waals surface area contributed by atoms with Crippen molar-refractivity contribution in [3.8, 4) is 0 Å². The second kappa shape index (κ2) is 7.17. The topological polar surface area (TPSA) is 65.9 Å². The molecule has 0 saturated carbocycles. The Balaban J connectivity index is 2.80. The highest BCUT2D eigenvalue weighted by molar-refractivity contribution is 6.23. The molecule has 0 aromatic heterocycles. The maximum Gasteiger partial charge on any atom is 0.352 e. The maximum absolute atomic E-state index is 11.7. The first-order valence-electron chi connectivity index (χ1n) is 5.49. The van der Waals surface area contributed by atoms with E-state index in [9.17, 15) is 4.79 Å². The minimum atomic E-state index is -0.532. The second-order valence-corrected chi connectivity index (χ2v) is 3.65. The molecule has 0 spiro atoms. The molecule has 0 aliphatic carbocycles. The van der Waals surface area contributed by atoms with Crippen molar-refractivity contribution < 1.29 is 14.4 Å². The highest BCUT2D eigenvalue weighted by Crippen LogP contribution is 2.07. The highest BCUT2D eigenvalue weighted by atomic mass is 16.7. The van der Waals surface area contributed by atoms with Crippen LogP contribution in [0.3, 0.4) is 0 Å². The largest absolute Gasteiger partial charge is 0.361 e. The molecule has 1 rings (SSSR count). The van der Waals surface area contributed by atoms with E-state index in [1.165, 1.54) is 0 Å². The summed E-state index contributed by atoms with van der Waals surface area (Å²) in [5, 5.41) is 1.13. The van der Waals surface area contributed by atoms with Gasteiger partial charge in [0.1, 0.15) is 6.10 Å². The Morgan fingerprint density at radius 1 is 1.56 bits per heavy atom. The van der Waals surface area contributed by atoms with Crippen molar-refractivity contribution in [3.05, 3.63) is 54.1 Å². The summed E-state index contributed by atoms with van der Waals surface area (Å²) < 4.78 is 0. The molecule has 0 fully saturated rings. The van der Waals surface area contributed by atoms with Crippen molar-refractivity contribution in [2.24, 2.45) is 0 Å². The summed E-state index contributed by atoms with van der Waals surface area (Å²) >= 11 is 0. The van der Waals surface area contributed by atoms with Crippen LogP contribution in [0.25, 0.3) is 5.53 Å². The first kappa shape index (κ1) is 13.8. The summed E-state index contributed by atoms with van der Waals surface area (Å²) in [6.07, 6.45) is 2.05. The van der Waals surface area contributed by atoms with Crippen LogP contribution in [0.5, 0.6) is 0 Å². The second-order valence-electron chi connectivity index (χ2n) is 3.65. The molecular weight excluding hydrogens is 230 g/mol. The maximum atomic E-state index is 11.7. The van der Waals surface area contributed by atoms with Crippen molar-refractivity contribution in [2.45, 2.75) is 19.6 Å². The van der Waals surface area contributed by atoms with E-state index in [2.05, 4.69) is 11.4 Å². The standard InChI is InChI=1S/C13H15N3O2/c1-3-11(2)18-16(13(17)9-15-14)10-12-7-5-4-6-8-12/h3-9,11H,1,10H2,2H3. The van der Waals surface area contributed by atoms with Crippen molar-refractivity contribution >= 4 is 12.1 Å². The fraction of sp³-hybridized carbons (Fsp3) is 0.231. The molecular formula is C13H15N3O2. The lowest BCUT2D eigenvalue weighted by Crippen LogP contribution is -2.34. The number of benzene rings is 1. The number of amides is 1. The van der Waals surface area contributed by atoms with E-state index in [1.54, 1.807) is 13.0 Å². The number of hydrogen-bond acceptors (Lipinski definition) is 2. The molecule has 5 heteroatoms. The Hall–Kier alpha value is -2.23. The quantitative estimate of drug-likeness (QED) is 0.252. The van der Waals surface area contributed by atoms with Gasteiger partial charge in [-0.3, -0.25) is 9.63 Å². The van der Waals surface area contributed by atoms with Crippen LogP contribution in [0.1, 0.15) is 12.5 Å². The smallest absolute Gasteiger partial charge is 0.352 e. The molecule has 0 N–H and O–H groups in total. The number of rotatable bonds is 6. The molecule has 0 aliphatic heterocycles. The molecule has 0 radical (unpaired) electrons. The molecule has 0 saturated heterocycles. The van der Waals surface area contributed by atoms with E-state index in [1.807, 2.05) is 30.3 Å². The van der Waals surface area contributed by atoms with Gasteiger partial charge in [-0.25, -0.2) is 5.06 Å². The van der Waals surface area contributed by atoms with Crippen molar-refractivity contribution in [2.75, 3.05) is 0 Å². The monoisotopic (exact) mass is 245 g/mol. The molecule has 0 aliphatic rings. The molecule has 1 atom stereocenters. The number of carbonyl (C=O) groups excluding carboxylic acids is 1. The molecule has 18 heavy (non-hydrogen) atoms. The number of hydrogen-bond donors (Lipinski definition) is 0. The van der Waals surface area contributed by atoms with Crippen LogP contribution in [0, 0.1) is 0 Å². The zero-order valence-electron chi connectivity index (χ0n) is 10.2. The number of carbonyl (C=O) groups is 1. The lowest BCUT2D eigenvalue weighted by Gasteiger charge is -2.21. The van der Waals surface area contributed by atoms with Gasteiger partial charge >= 0.3 is 12.1 Å². The summed E-state index contributed by atoms with van der Waals surface area (Å²) in [7, 11) is 0.